The summed E-state index contributed by atoms with van der Waals surface area (Å²) in [5, 5.41) is 8.58. The van der Waals surface area contributed by atoms with Crippen molar-refractivity contribution in [2.45, 2.75) is 20.3 Å². The largest absolute Gasteiger partial charge is 0.481 e. The number of ketones is 1. The van der Waals surface area contributed by atoms with Crippen LogP contribution < -0.4 is 0 Å². The van der Waals surface area contributed by atoms with Gasteiger partial charge in [-0.1, -0.05) is 12.1 Å². The van der Waals surface area contributed by atoms with Crippen molar-refractivity contribution in [3.8, 4) is 0 Å². The van der Waals surface area contributed by atoms with E-state index in [2.05, 4.69) is 0 Å². The minimum atomic E-state index is -0.886. The van der Waals surface area contributed by atoms with E-state index >= 15 is 0 Å². The van der Waals surface area contributed by atoms with Crippen molar-refractivity contribution in [2.75, 3.05) is 0 Å². The highest BCUT2D eigenvalue weighted by atomic mass is 16.4. The highest BCUT2D eigenvalue weighted by molar-refractivity contribution is 5.95. The molecule has 0 spiro atoms. The first-order valence-corrected chi connectivity index (χ1v) is 4.33. The van der Waals surface area contributed by atoms with Crippen LogP contribution in [0.15, 0.2) is 18.2 Å². The molecule has 3 nitrogen and oxygen atoms in total. The van der Waals surface area contributed by atoms with E-state index in [4.69, 9.17) is 5.11 Å². The zero-order chi connectivity index (χ0) is 10.7. The van der Waals surface area contributed by atoms with Gasteiger partial charge in [-0.05, 0) is 31.0 Å². The van der Waals surface area contributed by atoms with Crippen LogP contribution in [0.25, 0.3) is 0 Å². The van der Waals surface area contributed by atoms with Crippen LogP contribution in [0.3, 0.4) is 0 Å². The molecule has 1 aromatic rings. The third-order valence-corrected chi connectivity index (χ3v) is 2.04. The normalized spacial score (nSPS) is 9.86. The molecular formula is C11H12O3. The summed E-state index contributed by atoms with van der Waals surface area (Å²) in [6.07, 6.45) is -0.0411. The standard InChI is InChI=1S/C11H12O3/c1-7-3-4-9(6-11(13)14)5-10(7)8(2)12/h3-5H,6H2,1-2H3,(H,13,14). The number of carbonyl (C=O) groups excluding carboxylic acids is 1. The zero-order valence-electron chi connectivity index (χ0n) is 8.20. The van der Waals surface area contributed by atoms with E-state index in [0.29, 0.717) is 11.1 Å². The zero-order valence-corrected chi connectivity index (χ0v) is 8.20. The fraction of sp³-hybridized carbons (Fsp3) is 0.273. The first-order chi connectivity index (χ1) is 6.50. The third kappa shape index (κ3) is 2.42. The molecule has 0 amide bonds. The third-order valence-electron chi connectivity index (χ3n) is 2.04. The van der Waals surface area contributed by atoms with Gasteiger partial charge in [-0.3, -0.25) is 9.59 Å². The first kappa shape index (κ1) is 10.4. The van der Waals surface area contributed by atoms with E-state index in [1.807, 2.05) is 6.92 Å². The van der Waals surface area contributed by atoms with Crippen molar-refractivity contribution in [2.24, 2.45) is 0 Å². The molecule has 1 aromatic carbocycles. The first-order valence-electron chi connectivity index (χ1n) is 4.33. The Labute approximate surface area is 82.4 Å². The molecule has 0 aliphatic heterocycles. The van der Waals surface area contributed by atoms with Gasteiger partial charge in [0.2, 0.25) is 0 Å². The second-order valence-electron chi connectivity index (χ2n) is 3.28. The van der Waals surface area contributed by atoms with Crippen LogP contribution >= 0.6 is 0 Å². The molecule has 0 aromatic heterocycles. The molecule has 0 atom stereocenters. The molecule has 0 radical (unpaired) electrons. The van der Waals surface area contributed by atoms with E-state index in [1.54, 1.807) is 18.2 Å². The Bertz CT molecular complexity index is 380. The fourth-order valence-electron chi connectivity index (χ4n) is 1.33. The number of hydrogen-bond acceptors (Lipinski definition) is 2. The number of Topliss-reactive ketones (excluding diaryl/α,β-unsaturated/α-hetero) is 1. The SMILES string of the molecule is CC(=O)c1cc(CC(=O)O)ccc1C. The number of aryl methyl sites for hydroxylation is 1. The topological polar surface area (TPSA) is 54.4 Å². The lowest BCUT2D eigenvalue weighted by Gasteiger charge is -2.04. The van der Waals surface area contributed by atoms with Crippen LogP contribution in [0, 0.1) is 6.92 Å². The maximum atomic E-state index is 11.2. The van der Waals surface area contributed by atoms with Gasteiger partial charge in [0, 0.05) is 5.56 Å². The van der Waals surface area contributed by atoms with E-state index in [9.17, 15) is 9.59 Å². The van der Waals surface area contributed by atoms with E-state index in [1.165, 1.54) is 6.92 Å². The number of carboxylic acids is 1. The number of aliphatic carboxylic acids is 1. The Morgan fingerprint density at radius 3 is 2.50 bits per heavy atom. The molecule has 74 valence electrons. The Hall–Kier alpha value is -1.64. The predicted octanol–water partition coefficient (Wildman–Crippen LogP) is 1.82. The maximum absolute atomic E-state index is 11.2. The van der Waals surface area contributed by atoms with Crippen molar-refractivity contribution >= 4 is 11.8 Å². The van der Waals surface area contributed by atoms with Crippen LogP contribution in [0.5, 0.6) is 0 Å². The fourth-order valence-corrected chi connectivity index (χ4v) is 1.33. The average molecular weight is 192 g/mol. The number of hydrogen-bond donors (Lipinski definition) is 1. The van der Waals surface area contributed by atoms with Gasteiger partial charge in [0.25, 0.3) is 0 Å². The molecule has 1 N–H and O–H groups in total. The smallest absolute Gasteiger partial charge is 0.307 e. The molecule has 0 bridgehead atoms. The molecule has 0 fully saturated rings. The molecule has 0 unspecified atom stereocenters. The van der Waals surface area contributed by atoms with Crippen molar-refractivity contribution in [3.63, 3.8) is 0 Å². The van der Waals surface area contributed by atoms with Crippen LogP contribution in [0.1, 0.15) is 28.4 Å². The summed E-state index contributed by atoms with van der Waals surface area (Å²) in [4.78, 5) is 21.6. The highest BCUT2D eigenvalue weighted by Gasteiger charge is 2.06. The van der Waals surface area contributed by atoms with E-state index in [-0.39, 0.29) is 12.2 Å². The summed E-state index contributed by atoms with van der Waals surface area (Å²) in [6.45, 7) is 3.31. The summed E-state index contributed by atoms with van der Waals surface area (Å²) < 4.78 is 0. The van der Waals surface area contributed by atoms with Crippen LogP contribution in [0.2, 0.25) is 0 Å². The van der Waals surface area contributed by atoms with E-state index in [0.717, 1.165) is 5.56 Å². The molecule has 0 saturated carbocycles. The van der Waals surface area contributed by atoms with Crippen LogP contribution in [0.4, 0.5) is 0 Å². The van der Waals surface area contributed by atoms with Gasteiger partial charge in [-0.25, -0.2) is 0 Å². The molecule has 0 saturated heterocycles. The quantitative estimate of drug-likeness (QED) is 0.743. The van der Waals surface area contributed by atoms with Crippen molar-refractivity contribution in [1.82, 2.24) is 0 Å². The van der Waals surface area contributed by atoms with Gasteiger partial charge >= 0.3 is 5.97 Å². The Morgan fingerprint density at radius 2 is 2.00 bits per heavy atom. The number of carbonyl (C=O) groups is 2. The van der Waals surface area contributed by atoms with Gasteiger partial charge in [-0.15, -0.1) is 0 Å². The van der Waals surface area contributed by atoms with Gasteiger partial charge < -0.3 is 5.11 Å². The minimum Gasteiger partial charge on any atom is -0.481 e. The Kier molecular flexibility index (Phi) is 3.02. The number of rotatable bonds is 3. The van der Waals surface area contributed by atoms with Crippen molar-refractivity contribution in [3.05, 3.63) is 34.9 Å². The summed E-state index contributed by atoms with van der Waals surface area (Å²) >= 11 is 0. The lowest BCUT2D eigenvalue weighted by atomic mass is 10.0. The number of carboxylic acid groups (broad SMARTS) is 1. The lowest BCUT2D eigenvalue weighted by molar-refractivity contribution is -0.136. The highest BCUT2D eigenvalue weighted by Crippen LogP contribution is 2.12. The second-order valence-corrected chi connectivity index (χ2v) is 3.28. The Balaban J connectivity index is 3.06. The van der Waals surface area contributed by atoms with Gasteiger partial charge in [0.1, 0.15) is 0 Å². The molecule has 1 rings (SSSR count). The van der Waals surface area contributed by atoms with Crippen molar-refractivity contribution < 1.29 is 14.7 Å². The molecule has 3 heteroatoms. The van der Waals surface area contributed by atoms with Gasteiger partial charge in [0.15, 0.2) is 5.78 Å². The lowest BCUT2D eigenvalue weighted by Crippen LogP contribution is -2.03. The predicted molar refractivity (Wildman–Crippen MR) is 52.5 cm³/mol. The summed E-state index contributed by atoms with van der Waals surface area (Å²) in [7, 11) is 0. The van der Waals surface area contributed by atoms with E-state index < -0.39 is 5.97 Å². The monoisotopic (exact) mass is 192 g/mol. The average Bonchev–Trinajstić information content (AvgIpc) is 2.07. The van der Waals surface area contributed by atoms with Gasteiger partial charge in [0.05, 0.1) is 6.42 Å². The minimum absolute atomic E-state index is 0.0326. The molecule has 0 aliphatic rings. The van der Waals surface area contributed by atoms with Crippen LogP contribution in [-0.4, -0.2) is 16.9 Å². The number of benzene rings is 1. The van der Waals surface area contributed by atoms with Crippen molar-refractivity contribution in [1.29, 1.82) is 0 Å². The molecular weight excluding hydrogens is 180 g/mol. The molecule has 14 heavy (non-hydrogen) atoms. The maximum Gasteiger partial charge on any atom is 0.307 e. The summed E-state index contributed by atoms with van der Waals surface area (Å²) in [5.41, 5.74) is 2.14. The second kappa shape index (κ2) is 4.05. The molecule has 0 heterocycles. The van der Waals surface area contributed by atoms with Crippen LogP contribution in [-0.2, 0) is 11.2 Å². The summed E-state index contributed by atoms with van der Waals surface area (Å²) in [6, 6.07) is 5.15. The van der Waals surface area contributed by atoms with Gasteiger partial charge in [-0.2, -0.15) is 0 Å². The molecule has 0 aliphatic carbocycles. The Morgan fingerprint density at radius 1 is 1.36 bits per heavy atom. The summed E-state index contributed by atoms with van der Waals surface area (Å²) in [5.74, 6) is -0.918.